The molecule has 0 N–H and O–H groups in total. The number of halogens is 4. The Morgan fingerprint density at radius 1 is 0.846 bits per heavy atom. The van der Waals surface area contributed by atoms with E-state index in [9.17, 15) is 0 Å². The minimum atomic E-state index is 0.211. The first-order valence-electron chi connectivity index (χ1n) is 4.24. The van der Waals surface area contributed by atoms with Crippen LogP contribution in [0.2, 0.25) is 0 Å². The van der Waals surface area contributed by atoms with Crippen LogP contribution in [0.15, 0.2) is 0 Å². The van der Waals surface area contributed by atoms with E-state index in [2.05, 4.69) is 77.6 Å². The van der Waals surface area contributed by atoms with Gasteiger partial charge in [0.15, 0.2) is 0 Å². The van der Waals surface area contributed by atoms with Crippen LogP contribution in [-0.4, -0.2) is 19.7 Å². The minimum absolute atomic E-state index is 0.211. The fourth-order valence-electron chi connectivity index (χ4n) is 0.892. The van der Waals surface area contributed by atoms with E-state index < -0.39 is 0 Å². The zero-order chi connectivity index (χ0) is 10.4. The third kappa shape index (κ3) is 6.13. The van der Waals surface area contributed by atoms with Crippen LogP contribution in [0.3, 0.4) is 0 Å². The Kier molecular flexibility index (Phi) is 9.25. The van der Waals surface area contributed by atoms with Gasteiger partial charge in [0, 0.05) is 0 Å². The molecule has 0 fully saturated rings. The molecule has 0 saturated heterocycles. The van der Waals surface area contributed by atoms with E-state index in [0.29, 0.717) is 0 Å². The van der Waals surface area contributed by atoms with Gasteiger partial charge < -0.3 is 4.74 Å². The molecule has 2 unspecified atom stereocenters. The first-order chi connectivity index (χ1) is 6.02. The summed E-state index contributed by atoms with van der Waals surface area (Å²) in [4.78, 5) is 0. The van der Waals surface area contributed by atoms with Crippen molar-refractivity contribution in [1.82, 2.24) is 0 Å². The van der Waals surface area contributed by atoms with Crippen molar-refractivity contribution in [2.24, 2.45) is 0 Å². The SMILES string of the molecule is CCC(OC(CC)C(Br)Br)C(Br)Br. The number of hydrogen-bond donors (Lipinski definition) is 0. The van der Waals surface area contributed by atoms with Crippen molar-refractivity contribution in [3.63, 3.8) is 0 Å². The minimum Gasteiger partial charge on any atom is -0.371 e. The van der Waals surface area contributed by atoms with Gasteiger partial charge in [0.05, 0.1) is 19.7 Å². The molecule has 0 aliphatic carbocycles. The standard InChI is InChI=1S/C8H14Br4O/c1-3-5(7(9)10)13-6(4-2)8(11)12/h5-8H,3-4H2,1-2H3. The lowest BCUT2D eigenvalue weighted by Gasteiger charge is -2.25. The summed E-state index contributed by atoms with van der Waals surface area (Å²) in [6, 6.07) is 0. The van der Waals surface area contributed by atoms with Crippen LogP contribution in [-0.2, 0) is 4.74 Å². The summed E-state index contributed by atoms with van der Waals surface area (Å²) in [6.07, 6.45) is 2.40. The second kappa shape index (κ2) is 8.08. The van der Waals surface area contributed by atoms with Gasteiger partial charge in [0.25, 0.3) is 0 Å². The maximum atomic E-state index is 5.88. The molecular weight excluding hydrogens is 432 g/mol. The van der Waals surface area contributed by atoms with E-state index in [4.69, 9.17) is 4.74 Å². The summed E-state index contributed by atoms with van der Waals surface area (Å²) in [5, 5.41) is 0. The van der Waals surface area contributed by atoms with Crippen LogP contribution < -0.4 is 0 Å². The average Bonchev–Trinajstić information content (AvgIpc) is 2.05. The Hall–Kier alpha value is 1.88. The molecule has 0 aromatic heterocycles. The van der Waals surface area contributed by atoms with E-state index >= 15 is 0 Å². The summed E-state index contributed by atoms with van der Waals surface area (Å²) in [6.45, 7) is 4.23. The molecule has 0 spiro atoms. The largest absolute Gasteiger partial charge is 0.371 e. The van der Waals surface area contributed by atoms with Gasteiger partial charge in [-0.3, -0.25) is 0 Å². The lowest BCUT2D eigenvalue weighted by atomic mass is 10.2. The Morgan fingerprint density at radius 3 is 1.31 bits per heavy atom. The zero-order valence-electron chi connectivity index (χ0n) is 7.64. The van der Waals surface area contributed by atoms with Crippen molar-refractivity contribution in [3.05, 3.63) is 0 Å². The predicted molar refractivity (Wildman–Crippen MR) is 72.5 cm³/mol. The lowest BCUT2D eigenvalue weighted by Crippen LogP contribution is -2.29. The molecule has 1 nitrogen and oxygen atoms in total. The van der Waals surface area contributed by atoms with Gasteiger partial charge in [-0.15, -0.1) is 0 Å². The maximum Gasteiger partial charge on any atom is 0.0958 e. The molecule has 0 bridgehead atoms. The number of rotatable bonds is 6. The third-order valence-corrected chi connectivity index (χ3v) is 4.08. The first-order valence-corrected chi connectivity index (χ1v) is 7.90. The highest BCUT2D eigenvalue weighted by molar-refractivity contribution is 9.25. The van der Waals surface area contributed by atoms with Gasteiger partial charge in [0.2, 0.25) is 0 Å². The molecule has 80 valence electrons. The van der Waals surface area contributed by atoms with Gasteiger partial charge >= 0.3 is 0 Å². The molecule has 0 aliphatic heterocycles. The normalized spacial score (nSPS) is 16.6. The van der Waals surface area contributed by atoms with Crippen LogP contribution in [0.5, 0.6) is 0 Å². The predicted octanol–water partition coefficient (Wildman–Crippen LogP) is 4.79. The number of hydrogen-bond acceptors (Lipinski definition) is 1. The molecule has 0 aliphatic rings. The summed E-state index contributed by atoms with van der Waals surface area (Å²) >= 11 is 13.9. The molecule has 5 heteroatoms. The Labute approximate surface area is 114 Å². The van der Waals surface area contributed by atoms with Crippen molar-refractivity contribution in [3.8, 4) is 0 Å². The van der Waals surface area contributed by atoms with Crippen molar-refractivity contribution >= 4 is 63.7 Å². The summed E-state index contributed by atoms with van der Waals surface area (Å²) < 4.78 is 6.32. The Morgan fingerprint density at radius 2 is 1.15 bits per heavy atom. The average molecular weight is 446 g/mol. The molecule has 0 heterocycles. The summed E-state index contributed by atoms with van der Waals surface area (Å²) in [7, 11) is 0. The highest BCUT2D eigenvalue weighted by Gasteiger charge is 2.22. The number of alkyl halides is 4. The van der Waals surface area contributed by atoms with Crippen molar-refractivity contribution < 1.29 is 4.74 Å². The van der Waals surface area contributed by atoms with E-state index in [1.54, 1.807) is 0 Å². The van der Waals surface area contributed by atoms with Gasteiger partial charge in [0.1, 0.15) is 0 Å². The molecule has 0 radical (unpaired) electrons. The van der Waals surface area contributed by atoms with Gasteiger partial charge in [-0.1, -0.05) is 77.6 Å². The quantitative estimate of drug-likeness (QED) is 0.534. The molecule has 0 aromatic rings. The highest BCUT2D eigenvalue weighted by Crippen LogP contribution is 2.26. The molecule has 0 rings (SSSR count). The van der Waals surface area contributed by atoms with Crippen molar-refractivity contribution in [1.29, 1.82) is 0 Å². The molecular formula is C8H14Br4O. The summed E-state index contributed by atoms with van der Waals surface area (Å²) in [5.41, 5.74) is 0. The molecule has 13 heavy (non-hydrogen) atoms. The first kappa shape index (κ1) is 14.9. The van der Waals surface area contributed by atoms with Gasteiger partial charge in [-0.2, -0.15) is 0 Å². The smallest absolute Gasteiger partial charge is 0.0958 e. The van der Waals surface area contributed by atoms with Crippen molar-refractivity contribution in [2.45, 2.75) is 46.4 Å². The second-order valence-electron chi connectivity index (χ2n) is 2.70. The van der Waals surface area contributed by atoms with Crippen LogP contribution in [0.1, 0.15) is 26.7 Å². The Bertz CT molecular complexity index is 115. The van der Waals surface area contributed by atoms with Crippen LogP contribution in [0.4, 0.5) is 0 Å². The highest BCUT2D eigenvalue weighted by atomic mass is 79.9. The molecule has 0 amide bonds. The topological polar surface area (TPSA) is 9.23 Å². The van der Waals surface area contributed by atoms with Gasteiger partial charge in [-0.25, -0.2) is 0 Å². The Balaban J connectivity index is 4.03. The van der Waals surface area contributed by atoms with Crippen LogP contribution in [0.25, 0.3) is 0 Å². The van der Waals surface area contributed by atoms with Gasteiger partial charge in [-0.05, 0) is 12.8 Å². The van der Waals surface area contributed by atoms with E-state index in [-0.39, 0.29) is 19.7 Å². The van der Waals surface area contributed by atoms with E-state index in [1.165, 1.54) is 0 Å². The van der Waals surface area contributed by atoms with Crippen LogP contribution >= 0.6 is 63.7 Å². The maximum absolute atomic E-state index is 5.88. The monoisotopic (exact) mass is 442 g/mol. The number of ether oxygens (including phenoxy) is 1. The van der Waals surface area contributed by atoms with E-state index in [1.807, 2.05) is 0 Å². The molecule has 0 saturated carbocycles. The third-order valence-electron chi connectivity index (χ3n) is 1.72. The second-order valence-corrected chi connectivity index (χ2v) is 9.10. The molecule has 0 aromatic carbocycles. The summed E-state index contributed by atoms with van der Waals surface area (Å²) in [5.74, 6) is 0. The van der Waals surface area contributed by atoms with Crippen molar-refractivity contribution in [2.75, 3.05) is 0 Å². The zero-order valence-corrected chi connectivity index (χ0v) is 14.0. The fraction of sp³-hybridized carbons (Fsp3) is 1.00. The molecule has 2 atom stereocenters. The van der Waals surface area contributed by atoms with E-state index in [0.717, 1.165) is 12.8 Å². The van der Waals surface area contributed by atoms with Crippen LogP contribution in [0, 0.1) is 0 Å². The fourth-order valence-corrected chi connectivity index (χ4v) is 2.89. The lowest BCUT2D eigenvalue weighted by molar-refractivity contribution is 0.00527.